The second-order valence-electron chi connectivity index (χ2n) is 2.77. The third kappa shape index (κ3) is 5.85. The summed E-state index contributed by atoms with van der Waals surface area (Å²) in [5.74, 6) is 0. The smallest absolute Gasteiger partial charge is 0.402 e. The lowest BCUT2D eigenvalue weighted by Crippen LogP contribution is -2.03. The van der Waals surface area contributed by atoms with E-state index in [-0.39, 0.29) is 6.15 Å². The van der Waals surface area contributed by atoms with E-state index < -0.39 is 6.09 Å². The van der Waals surface area contributed by atoms with Crippen molar-refractivity contribution in [2.75, 3.05) is 0 Å². The fraction of sp³-hybridized carbons (Fsp3) is 0. The zero-order chi connectivity index (χ0) is 11.8. The fourth-order valence-electron chi connectivity index (χ4n) is 1.03. The fourth-order valence-corrected chi connectivity index (χ4v) is 1.03. The number of nitrogens with zero attached hydrogens (tertiary/aromatic N) is 2. The molecule has 2 aromatic rings. The highest BCUT2D eigenvalue weighted by atomic mass is 16.4. The molecule has 0 saturated heterocycles. The summed E-state index contributed by atoms with van der Waals surface area (Å²) in [6.07, 6.45) is 2.20. The zero-order valence-electron chi connectivity index (χ0n) is 9.15. The monoisotopic (exact) mass is 234 g/mol. The van der Waals surface area contributed by atoms with Crippen LogP contribution in [0.1, 0.15) is 0 Å². The Balaban J connectivity index is 0.000000453. The van der Waals surface area contributed by atoms with E-state index in [1.807, 2.05) is 36.4 Å². The molecule has 2 aromatic heterocycles. The molecule has 6 N–H and O–H groups in total. The summed E-state index contributed by atoms with van der Waals surface area (Å²) in [5, 5.41) is 7.19. The van der Waals surface area contributed by atoms with E-state index in [2.05, 4.69) is 15.7 Å². The third-order valence-corrected chi connectivity index (χ3v) is 1.59. The average molecular weight is 234 g/mol. The summed E-state index contributed by atoms with van der Waals surface area (Å²) in [5.41, 5.74) is 5.86. The minimum Gasteiger partial charge on any atom is -0.465 e. The van der Waals surface area contributed by atoms with Crippen LogP contribution >= 0.6 is 0 Å². The molecule has 0 atom stereocenters. The number of nitrogens with two attached hydrogens (primary N) is 1. The number of carboxylic acid groups (broad SMARTS) is 1. The summed E-state index contributed by atoms with van der Waals surface area (Å²) in [4.78, 5) is 17.2. The Morgan fingerprint density at radius 2 is 1.35 bits per heavy atom. The normalized spacial score (nSPS) is 8.24. The van der Waals surface area contributed by atoms with Crippen LogP contribution in [0.15, 0.2) is 48.8 Å². The van der Waals surface area contributed by atoms with Crippen LogP contribution in [0.3, 0.4) is 0 Å². The Hall–Kier alpha value is -2.47. The average Bonchev–Trinajstić information content (AvgIpc) is 2.31. The predicted molar refractivity (Wildman–Crippen MR) is 64.7 cm³/mol. The molecule has 0 aromatic carbocycles. The number of carbonyl (C=O) groups is 1. The summed E-state index contributed by atoms with van der Waals surface area (Å²) in [6, 6.07) is 11.6. The van der Waals surface area contributed by atoms with Gasteiger partial charge in [0, 0.05) is 12.4 Å². The summed E-state index contributed by atoms with van der Waals surface area (Å²) in [6.45, 7) is 0. The molecule has 0 aliphatic carbocycles. The number of hydrogen-bond acceptors (Lipinski definition) is 4. The molecule has 17 heavy (non-hydrogen) atoms. The summed E-state index contributed by atoms with van der Waals surface area (Å²) >= 11 is 0. The Labute approximate surface area is 98.7 Å². The van der Waals surface area contributed by atoms with Gasteiger partial charge < -0.3 is 17.0 Å². The van der Waals surface area contributed by atoms with E-state index in [9.17, 15) is 0 Å². The first-order valence-electron chi connectivity index (χ1n) is 4.51. The van der Waals surface area contributed by atoms with Crippen molar-refractivity contribution in [2.45, 2.75) is 0 Å². The highest BCUT2D eigenvalue weighted by Gasteiger charge is 1.95. The van der Waals surface area contributed by atoms with E-state index in [0.29, 0.717) is 0 Å². The maximum Gasteiger partial charge on any atom is 0.402 e. The quantitative estimate of drug-likeness (QED) is 0.695. The zero-order valence-corrected chi connectivity index (χ0v) is 9.15. The van der Waals surface area contributed by atoms with Crippen LogP contribution in [0.5, 0.6) is 0 Å². The molecule has 0 fully saturated rings. The third-order valence-electron chi connectivity index (χ3n) is 1.59. The molecule has 90 valence electrons. The first-order chi connectivity index (χ1) is 7.70. The second-order valence-corrected chi connectivity index (χ2v) is 2.77. The van der Waals surface area contributed by atoms with Crippen LogP contribution in [-0.4, -0.2) is 21.2 Å². The number of primary amides is 1. The molecule has 6 nitrogen and oxygen atoms in total. The van der Waals surface area contributed by atoms with Crippen LogP contribution in [-0.2, 0) is 0 Å². The Kier molecular flexibility index (Phi) is 6.64. The number of hydrogen-bond donors (Lipinski definition) is 3. The Morgan fingerprint density at radius 3 is 1.59 bits per heavy atom. The lowest BCUT2D eigenvalue weighted by atomic mass is 10.2. The molecule has 0 unspecified atom stereocenters. The van der Waals surface area contributed by atoms with E-state index >= 15 is 0 Å². The molecule has 0 aliphatic heterocycles. The molecular formula is C11H14N4O2. The molecule has 0 radical (unpaired) electrons. The largest absolute Gasteiger partial charge is 0.465 e. The highest BCUT2D eigenvalue weighted by molar-refractivity contribution is 5.61. The minimum atomic E-state index is -1.33. The van der Waals surface area contributed by atoms with Crippen LogP contribution in [0.2, 0.25) is 0 Å². The lowest BCUT2D eigenvalue weighted by Gasteiger charge is -1.96. The number of rotatable bonds is 1. The van der Waals surface area contributed by atoms with E-state index in [1.165, 1.54) is 0 Å². The number of pyridine rings is 2. The van der Waals surface area contributed by atoms with Crippen LogP contribution < -0.4 is 11.9 Å². The van der Waals surface area contributed by atoms with Crippen molar-refractivity contribution in [3.63, 3.8) is 0 Å². The van der Waals surface area contributed by atoms with Crippen molar-refractivity contribution in [1.82, 2.24) is 16.1 Å². The van der Waals surface area contributed by atoms with Crippen LogP contribution in [0, 0.1) is 0 Å². The van der Waals surface area contributed by atoms with Gasteiger partial charge in [0.15, 0.2) is 0 Å². The molecule has 6 heteroatoms. The number of aromatic nitrogens is 2. The Bertz CT molecular complexity index is 392. The van der Waals surface area contributed by atoms with Gasteiger partial charge in [0.05, 0.1) is 11.4 Å². The van der Waals surface area contributed by atoms with E-state index in [4.69, 9.17) is 9.90 Å². The molecule has 0 bridgehead atoms. The molecular weight excluding hydrogens is 220 g/mol. The van der Waals surface area contributed by atoms with Gasteiger partial charge in [-0.25, -0.2) is 4.79 Å². The van der Waals surface area contributed by atoms with Gasteiger partial charge in [-0.05, 0) is 24.3 Å². The van der Waals surface area contributed by atoms with Crippen LogP contribution in [0.25, 0.3) is 11.4 Å². The van der Waals surface area contributed by atoms with Gasteiger partial charge in [-0.3, -0.25) is 9.97 Å². The SMILES string of the molecule is N.NC(=O)O.c1ccc(-c2ccccn2)nc1. The van der Waals surface area contributed by atoms with Crippen molar-refractivity contribution >= 4 is 6.09 Å². The van der Waals surface area contributed by atoms with Gasteiger partial charge in [-0.1, -0.05) is 12.1 Å². The van der Waals surface area contributed by atoms with Gasteiger partial charge in [0.25, 0.3) is 0 Å². The van der Waals surface area contributed by atoms with Crippen molar-refractivity contribution in [1.29, 1.82) is 0 Å². The summed E-state index contributed by atoms with van der Waals surface area (Å²) < 4.78 is 0. The number of amides is 1. The van der Waals surface area contributed by atoms with Gasteiger partial charge in [0.1, 0.15) is 0 Å². The molecule has 2 heterocycles. The Morgan fingerprint density at radius 1 is 1.00 bits per heavy atom. The molecule has 0 saturated carbocycles. The summed E-state index contributed by atoms with van der Waals surface area (Å²) in [7, 11) is 0. The molecule has 2 rings (SSSR count). The van der Waals surface area contributed by atoms with Crippen molar-refractivity contribution < 1.29 is 9.90 Å². The van der Waals surface area contributed by atoms with Crippen LogP contribution in [0.4, 0.5) is 4.79 Å². The van der Waals surface area contributed by atoms with Gasteiger partial charge in [-0.15, -0.1) is 0 Å². The first-order valence-corrected chi connectivity index (χ1v) is 4.51. The standard InChI is InChI=1S/C10H8N2.CH3NO2.H3N/c1-3-7-11-9(5-1)10-6-2-4-8-12-10;2-1(3)4;/h1-8H;2H2,(H,3,4);1H3. The maximum atomic E-state index is 8.78. The predicted octanol–water partition coefficient (Wildman–Crippen LogP) is 1.93. The van der Waals surface area contributed by atoms with E-state index in [1.54, 1.807) is 12.4 Å². The molecule has 0 aliphatic rings. The van der Waals surface area contributed by atoms with Gasteiger partial charge in [0.2, 0.25) is 0 Å². The lowest BCUT2D eigenvalue weighted by molar-refractivity contribution is 0.205. The second kappa shape index (κ2) is 7.77. The van der Waals surface area contributed by atoms with Crippen molar-refractivity contribution in [3.8, 4) is 11.4 Å². The maximum absolute atomic E-state index is 8.78. The van der Waals surface area contributed by atoms with Crippen molar-refractivity contribution in [3.05, 3.63) is 48.8 Å². The van der Waals surface area contributed by atoms with Gasteiger partial charge in [-0.2, -0.15) is 0 Å². The highest BCUT2D eigenvalue weighted by Crippen LogP contribution is 2.10. The topological polar surface area (TPSA) is 124 Å². The molecule has 1 amide bonds. The minimum absolute atomic E-state index is 0. The first kappa shape index (κ1) is 14.5. The van der Waals surface area contributed by atoms with Gasteiger partial charge >= 0.3 is 6.09 Å². The molecule has 0 spiro atoms. The van der Waals surface area contributed by atoms with E-state index in [0.717, 1.165) is 11.4 Å². The van der Waals surface area contributed by atoms with Crippen molar-refractivity contribution in [2.24, 2.45) is 5.73 Å².